The number of hydrogen-bond acceptors (Lipinski definition) is 3. The molecule has 1 fully saturated rings. The third-order valence-electron chi connectivity index (χ3n) is 3.30. The predicted molar refractivity (Wildman–Crippen MR) is 69.5 cm³/mol. The average molecular weight is 269 g/mol. The number of nitrogens with one attached hydrogen (secondary N) is 1. The van der Waals surface area contributed by atoms with Gasteiger partial charge in [-0.05, 0) is 37.3 Å². The van der Waals surface area contributed by atoms with Gasteiger partial charge in [0.2, 0.25) is 0 Å². The fourth-order valence-corrected chi connectivity index (χ4v) is 2.50. The molecule has 4 nitrogen and oxygen atoms in total. The van der Waals surface area contributed by atoms with Crippen molar-refractivity contribution in [3.05, 3.63) is 29.0 Å². The number of hydrogen-bond donors (Lipinski definition) is 2. The molecule has 0 bridgehead atoms. The second kappa shape index (κ2) is 6.16. The maximum absolute atomic E-state index is 11.9. The number of aliphatic hydroxyl groups excluding tert-OH is 1. The summed E-state index contributed by atoms with van der Waals surface area (Å²) in [6.45, 7) is 0.607. The quantitative estimate of drug-likeness (QED) is 0.825. The monoisotopic (exact) mass is 268 g/mol. The Labute approximate surface area is 111 Å². The molecule has 1 heterocycles. The van der Waals surface area contributed by atoms with Crippen LogP contribution in [-0.2, 0) is 0 Å². The van der Waals surface area contributed by atoms with E-state index in [0.29, 0.717) is 23.2 Å². The number of carbonyl (C=O) groups is 1. The van der Waals surface area contributed by atoms with Crippen LogP contribution in [0.15, 0.2) is 18.3 Å². The molecule has 1 amide bonds. The lowest BCUT2D eigenvalue weighted by Gasteiger charge is -2.25. The van der Waals surface area contributed by atoms with E-state index in [1.807, 2.05) is 0 Å². The van der Waals surface area contributed by atoms with E-state index < -0.39 is 0 Å². The summed E-state index contributed by atoms with van der Waals surface area (Å²) in [6.07, 6.45) is 5.05. The Balaban J connectivity index is 1.84. The molecular formula is C13H17ClN2O2. The van der Waals surface area contributed by atoms with Gasteiger partial charge in [-0.3, -0.25) is 4.79 Å². The zero-order valence-electron chi connectivity index (χ0n) is 10.1. The Morgan fingerprint density at radius 2 is 2.39 bits per heavy atom. The molecule has 0 radical (unpaired) electrons. The van der Waals surface area contributed by atoms with E-state index in [0.717, 1.165) is 25.7 Å². The van der Waals surface area contributed by atoms with Crippen molar-refractivity contribution in [2.24, 2.45) is 5.92 Å². The lowest BCUT2D eigenvalue weighted by Crippen LogP contribution is -2.32. The first kappa shape index (κ1) is 13.3. The number of amides is 1. The van der Waals surface area contributed by atoms with Crippen LogP contribution in [0.2, 0.25) is 5.15 Å². The molecule has 1 aliphatic carbocycles. The van der Waals surface area contributed by atoms with E-state index in [9.17, 15) is 9.90 Å². The highest BCUT2D eigenvalue weighted by molar-refractivity contribution is 6.29. The van der Waals surface area contributed by atoms with Crippen LogP contribution in [0.1, 0.15) is 36.0 Å². The average Bonchev–Trinajstić information content (AvgIpc) is 2.36. The van der Waals surface area contributed by atoms with Gasteiger partial charge < -0.3 is 10.4 Å². The molecule has 1 aromatic heterocycles. The molecule has 1 aliphatic rings. The third-order valence-corrected chi connectivity index (χ3v) is 3.50. The number of carbonyl (C=O) groups excluding carboxylic acids is 1. The van der Waals surface area contributed by atoms with Gasteiger partial charge in [-0.15, -0.1) is 0 Å². The van der Waals surface area contributed by atoms with Gasteiger partial charge in [-0.2, -0.15) is 0 Å². The third kappa shape index (κ3) is 3.68. The van der Waals surface area contributed by atoms with Crippen LogP contribution in [0.3, 0.4) is 0 Å². The minimum atomic E-state index is -0.212. The summed E-state index contributed by atoms with van der Waals surface area (Å²) in [6, 6.07) is 3.18. The normalized spacial score (nSPS) is 23.7. The molecular weight excluding hydrogens is 252 g/mol. The van der Waals surface area contributed by atoms with Crippen LogP contribution in [0.4, 0.5) is 0 Å². The molecule has 0 aromatic carbocycles. The highest BCUT2D eigenvalue weighted by Crippen LogP contribution is 2.23. The van der Waals surface area contributed by atoms with Gasteiger partial charge in [-0.1, -0.05) is 18.0 Å². The second-order valence-corrected chi connectivity index (χ2v) is 5.15. The van der Waals surface area contributed by atoms with Crippen molar-refractivity contribution in [2.75, 3.05) is 6.54 Å². The maximum Gasteiger partial charge on any atom is 0.251 e. The summed E-state index contributed by atoms with van der Waals surface area (Å²) in [4.78, 5) is 15.7. The summed E-state index contributed by atoms with van der Waals surface area (Å²) in [5.41, 5.74) is 0.520. The molecule has 1 saturated carbocycles. The molecule has 2 atom stereocenters. The largest absolute Gasteiger partial charge is 0.393 e. The van der Waals surface area contributed by atoms with Crippen LogP contribution in [-0.4, -0.2) is 28.6 Å². The molecule has 2 rings (SSSR count). The van der Waals surface area contributed by atoms with Crippen molar-refractivity contribution in [3.8, 4) is 0 Å². The number of aliphatic hydroxyl groups is 1. The van der Waals surface area contributed by atoms with Crippen LogP contribution in [0.25, 0.3) is 0 Å². The Bertz CT molecular complexity index is 425. The maximum atomic E-state index is 11.9. The molecule has 1 aromatic rings. The highest BCUT2D eigenvalue weighted by atomic mass is 35.5. The van der Waals surface area contributed by atoms with Gasteiger partial charge in [-0.25, -0.2) is 4.98 Å². The van der Waals surface area contributed by atoms with Crippen LogP contribution < -0.4 is 5.32 Å². The first-order chi connectivity index (χ1) is 8.65. The van der Waals surface area contributed by atoms with Gasteiger partial charge in [0, 0.05) is 18.3 Å². The highest BCUT2D eigenvalue weighted by Gasteiger charge is 2.20. The number of nitrogens with zero attached hydrogens (tertiary/aromatic N) is 1. The molecule has 0 saturated heterocycles. The first-order valence-electron chi connectivity index (χ1n) is 6.23. The Morgan fingerprint density at radius 1 is 1.56 bits per heavy atom. The van der Waals surface area contributed by atoms with Crippen molar-refractivity contribution in [1.82, 2.24) is 10.3 Å². The lowest BCUT2D eigenvalue weighted by atomic mass is 9.87. The minimum absolute atomic E-state index is 0.139. The van der Waals surface area contributed by atoms with E-state index in [-0.39, 0.29) is 12.0 Å². The summed E-state index contributed by atoms with van der Waals surface area (Å²) >= 11 is 5.73. The van der Waals surface area contributed by atoms with Crippen molar-refractivity contribution >= 4 is 17.5 Å². The summed E-state index contributed by atoms with van der Waals surface area (Å²) in [5.74, 6) is 0.231. The van der Waals surface area contributed by atoms with Crippen molar-refractivity contribution < 1.29 is 9.90 Å². The first-order valence-corrected chi connectivity index (χ1v) is 6.61. The predicted octanol–water partition coefficient (Wildman–Crippen LogP) is 2.02. The number of pyridine rings is 1. The summed E-state index contributed by atoms with van der Waals surface area (Å²) < 4.78 is 0. The van der Waals surface area contributed by atoms with Crippen molar-refractivity contribution in [2.45, 2.75) is 31.8 Å². The summed E-state index contributed by atoms with van der Waals surface area (Å²) in [5, 5.41) is 12.8. The van der Waals surface area contributed by atoms with Crippen molar-refractivity contribution in [1.29, 1.82) is 0 Å². The Hall–Kier alpha value is -1.13. The van der Waals surface area contributed by atoms with Gasteiger partial charge in [0.1, 0.15) is 5.15 Å². The van der Waals surface area contributed by atoms with Gasteiger partial charge in [0.05, 0.1) is 6.10 Å². The van der Waals surface area contributed by atoms with Crippen LogP contribution >= 0.6 is 11.6 Å². The van der Waals surface area contributed by atoms with Crippen molar-refractivity contribution in [3.63, 3.8) is 0 Å². The number of rotatable bonds is 3. The zero-order chi connectivity index (χ0) is 13.0. The fourth-order valence-electron chi connectivity index (χ4n) is 2.33. The van der Waals surface area contributed by atoms with E-state index >= 15 is 0 Å². The molecule has 98 valence electrons. The van der Waals surface area contributed by atoms with Crippen LogP contribution in [0, 0.1) is 5.92 Å². The van der Waals surface area contributed by atoms with Gasteiger partial charge >= 0.3 is 0 Å². The molecule has 2 unspecified atom stereocenters. The van der Waals surface area contributed by atoms with Gasteiger partial charge in [0.15, 0.2) is 0 Å². The van der Waals surface area contributed by atoms with E-state index in [1.165, 1.54) is 6.20 Å². The number of halogens is 1. The van der Waals surface area contributed by atoms with E-state index in [2.05, 4.69) is 10.3 Å². The second-order valence-electron chi connectivity index (χ2n) is 4.76. The zero-order valence-corrected chi connectivity index (χ0v) is 10.9. The summed E-state index contributed by atoms with van der Waals surface area (Å²) in [7, 11) is 0. The van der Waals surface area contributed by atoms with E-state index in [1.54, 1.807) is 12.1 Å². The van der Waals surface area contributed by atoms with Gasteiger partial charge in [0.25, 0.3) is 5.91 Å². The van der Waals surface area contributed by atoms with Crippen LogP contribution in [0.5, 0.6) is 0 Å². The smallest absolute Gasteiger partial charge is 0.251 e. The molecule has 0 spiro atoms. The molecule has 5 heteroatoms. The number of aromatic nitrogens is 1. The Kier molecular flexibility index (Phi) is 4.55. The fraction of sp³-hybridized carbons (Fsp3) is 0.538. The standard InChI is InChI=1S/C13H17ClN2O2/c14-12-7-10(4-5-15-12)13(18)16-8-9-2-1-3-11(17)6-9/h4-5,7,9,11,17H,1-3,6,8H2,(H,16,18). The minimum Gasteiger partial charge on any atom is -0.393 e. The topological polar surface area (TPSA) is 62.2 Å². The molecule has 18 heavy (non-hydrogen) atoms. The van der Waals surface area contributed by atoms with E-state index in [4.69, 9.17) is 11.6 Å². The lowest BCUT2D eigenvalue weighted by molar-refractivity contribution is 0.0873. The molecule has 0 aliphatic heterocycles. The molecule has 2 N–H and O–H groups in total. The Morgan fingerprint density at radius 3 is 3.11 bits per heavy atom. The SMILES string of the molecule is O=C(NCC1CCCC(O)C1)c1ccnc(Cl)c1.